The molecule has 17 nitrogen and oxygen atoms in total. The summed E-state index contributed by atoms with van der Waals surface area (Å²) in [5, 5.41) is 38.8. The van der Waals surface area contributed by atoms with Crippen LogP contribution in [0, 0.1) is 5.92 Å². The largest absolute Gasteiger partial charge is 0.494 e. The van der Waals surface area contributed by atoms with E-state index in [1.165, 1.54) is 17.9 Å². The smallest absolute Gasteiger partial charge is 0.277 e. The highest BCUT2D eigenvalue weighted by atomic mass is 16.5. The van der Waals surface area contributed by atoms with Gasteiger partial charge in [0, 0.05) is 65.0 Å². The molecule has 1 aliphatic carbocycles. The molecule has 1 saturated carbocycles. The van der Waals surface area contributed by atoms with Crippen molar-refractivity contribution in [1.82, 2.24) is 35.1 Å². The Morgan fingerprint density at radius 1 is 1.04 bits per heavy atom. The topological polar surface area (TPSA) is 213 Å². The molecule has 1 aromatic carbocycles. The minimum Gasteiger partial charge on any atom is -0.494 e. The second-order valence-electron chi connectivity index (χ2n) is 10.8. The van der Waals surface area contributed by atoms with Gasteiger partial charge in [-0.1, -0.05) is 6.07 Å². The number of ether oxygens (including phenoxy) is 2. The summed E-state index contributed by atoms with van der Waals surface area (Å²) in [6, 6.07) is 8.09. The van der Waals surface area contributed by atoms with Gasteiger partial charge in [0.1, 0.15) is 5.69 Å². The van der Waals surface area contributed by atoms with Crippen molar-refractivity contribution in [2.24, 2.45) is 13.0 Å². The average Bonchev–Trinajstić information content (AvgIpc) is 3.82. The molecule has 2 aromatic heterocycles. The number of aryl methyl sites for hydroxylation is 1. The van der Waals surface area contributed by atoms with Crippen LogP contribution in [0.2, 0.25) is 0 Å². The Labute approximate surface area is 271 Å². The standard InChI is InChI=1S/C27H30BN9O7.C2H6O/c1-35-20(26(41)37-10-8-36(14-38)9-11-37)12-18(34-35)16-4-3-5-17(23(16)44-2)29-19-13-21(30-24(39)15-6-7-15)32-33-22(19)25(40)31-27(28,42)43;1-3-2/h3-5,12-15,42-43H,6-11H2,1-2H3,(H,31,40)(H2,29,30,32,39);1-2H3. The van der Waals surface area contributed by atoms with Crippen molar-refractivity contribution in [2.45, 2.75) is 18.7 Å². The van der Waals surface area contributed by atoms with Crippen molar-refractivity contribution >= 4 is 49.2 Å². The zero-order chi connectivity index (χ0) is 34.3. The molecule has 0 unspecified atom stereocenters. The van der Waals surface area contributed by atoms with Gasteiger partial charge in [-0.15, -0.1) is 10.2 Å². The van der Waals surface area contributed by atoms with Crippen LogP contribution in [0.5, 0.6) is 5.75 Å². The highest BCUT2D eigenvalue weighted by Crippen LogP contribution is 2.38. The van der Waals surface area contributed by atoms with Gasteiger partial charge in [0.15, 0.2) is 30.9 Å². The number of carbonyl (C=O) groups is 4. The molecule has 2 fully saturated rings. The van der Waals surface area contributed by atoms with Crippen LogP contribution in [0.15, 0.2) is 30.3 Å². The molecule has 0 bridgehead atoms. The second kappa shape index (κ2) is 15.0. The van der Waals surface area contributed by atoms with Gasteiger partial charge in [-0.2, -0.15) is 5.10 Å². The van der Waals surface area contributed by atoms with E-state index >= 15 is 0 Å². The van der Waals surface area contributed by atoms with Gasteiger partial charge in [0.05, 0.1) is 24.2 Å². The molecule has 3 heterocycles. The van der Waals surface area contributed by atoms with Crippen LogP contribution >= 0.6 is 0 Å². The predicted molar refractivity (Wildman–Crippen MR) is 169 cm³/mol. The van der Waals surface area contributed by atoms with E-state index in [-0.39, 0.29) is 34.9 Å². The van der Waals surface area contributed by atoms with E-state index in [2.05, 4.69) is 30.7 Å². The van der Waals surface area contributed by atoms with Crippen molar-refractivity contribution in [3.8, 4) is 17.0 Å². The number of rotatable bonds is 10. The molecule has 0 spiro atoms. The number of nitrogens with one attached hydrogen (secondary N) is 3. The molecule has 5 N–H and O–H groups in total. The Balaban J connectivity index is 0.00000160. The van der Waals surface area contributed by atoms with Gasteiger partial charge in [-0.05, 0) is 31.0 Å². The number of para-hydroxylation sites is 1. The summed E-state index contributed by atoms with van der Waals surface area (Å²) in [6.07, 6.45) is 2.29. The van der Waals surface area contributed by atoms with Crippen molar-refractivity contribution < 1.29 is 38.9 Å². The predicted octanol–water partition coefficient (Wildman–Crippen LogP) is -0.351. The van der Waals surface area contributed by atoms with Crippen LogP contribution in [0.25, 0.3) is 11.3 Å². The van der Waals surface area contributed by atoms with Crippen LogP contribution in [0.4, 0.5) is 17.2 Å². The van der Waals surface area contributed by atoms with E-state index < -0.39 is 11.7 Å². The molecule has 47 heavy (non-hydrogen) atoms. The average molecular weight is 649 g/mol. The Bertz CT molecular complexity index is 1620. The Kier molecular flexibility index (Phi) is 11.1. The monoisotopic (exact) mass is 649 g/mol. The normalized spacial score (nSPS) is 14.4. The highest BCUT2D eigenvalue weighted by molar-refractivity contribution is 6.15. The number of nitrogens with zero attached hydrogens (tertiary/aromatic N) is 6. The molecule has 5 rings (SSSR count). The summed E-state index contributed by atoms with van der Waals surface area (Å²) < 4.78 is 11.4. The molecular weight excluding hydrogens is 613 g/mol. The van der Waals surface area contributed by atoms with Crippen molar-refractivity contribution in [3.05, 3.63) is 41.7 Å². The number of amides is 4. The maximum atomic E-state index is 13.3. The number of aromatic nitrogens is 4. The lowest BCUT2D eigenvalue weighted by Crippen LogP contribution is -2.49. The summed E-state index contributed by atoms with van der Waals surface area (Å²) in [5.41, 5.74) is 1.31. The van der Waals surface area contributed by atoms with Crippen LogP contribution in [0.3, 0.4) is 0 Å². The van der Waals surface area contributed by atoms with Gasteiger partial charge >= 0.3 is 0 Å². The van der Waals surface area contributed by atoms with Crippen molar-refractivity contribution in [2.75, 3.05) is 58.1 Å². The maximum Gasteiger partial charge on any atom is 0.277 e. The van der Waals surface area contributed by atoms with Crippen LogP contribution < -0.4 is 20.7 Å². The van der Waals surface area contributed by atoms with E-state index in [1.54, 1.807) is 60.6 Å². The fourth-order valence-corrected chi connectivity index (χ4v) is 4.71. The number of aliphatic hydroxyl groups is 2. The van der Waals surface area contributed by atoms with Gasteiger partial charge < -0.3 is 45.4 Å². The van der Waals surface area contributed by atoms with Gasteiger partial charge in [0.2, 0.25) is 12.3 Å². The molecule has 248 valence electrons. The first-order valence-electron chi connectivity index (χ1n) is 14.5. The zero-order valence-electron chi connectivity index (χ0n) is 26.4. The second-order valence-corrected chi connectivity index (χ2v) is 10.8. The molecule has 1 saturated heterocycles. The van der Waals surface area contributed by atoms with Gasteiger partial charge in [-0.25, -0.2) is 0 Å². The van der Waals surface area contributed by atoms with Crippen LogP contribution in [0.1, 0.15) is 33.8 Å². The summed E-state index contributed by atoms with van der Waals surface area (Å²) in [4.78, 5) is 52.7. The third-order valence-corrected chi connectivity index (χ3v) is 7.12. The summed E-state index contributed by atoms with van der Waals surface area (Å²) >= 11 is 0. The molecule has 0 atom stereocenters. The first kappa shape index (κ1) is 34.8. The molecular formula is C29H36BN9O8. The quantitative estimate of drug-likeness (QED) is 0.108. The van der Waals surface area contributed by atoms with Gasteiger partial charge in [0.25, 0.3) is 11.8 Å². The fourth-order valence-electron chi connectivity index (χ4n) is 4.71. The summed E-state index contributed by atoms with van der Waals surface area (Å²) in [7, 11) is 11.5. The third kappa shape index (κ3) is 8.81. The Hall–Kier alpha value is -5.07. The Morgan fingerprint density at radius 3 is 2.32 bits per heavy atom. The van der Waals surface area contributed by atoms with E-state index in [4.69, 9.17) is 12.6 Å². The number of benzene rings is 1. The van der Waals surface area contributed by atoms with E-state index in [0.717, 1.165) is 19.3 Å². The lowest BCUT2D eigenvalue weighted by atomic mass is 10.0. The molecule has 1 aliphatic heterocycles. The number of hydrogen-bond donors (Lipinski definition) is 5. The van der Waals surface area contributed by atoms with E-state index in [1.807, 2.05) is 0 Å². The molecule has 18 heteroatoms. The third-order valence-electron chi connectivity index (χ3n) is 7.12. The Morgan fingerprint density at radius 2 is 1.72 bits per heavy atom. The summed E-state index contributed by atoms with van der Waals surface area (Å²) in [6.45, 7) is 1.69. The molecule has 2 radical (unpaired) electrons. The molecule has 3 aromatic rings. The lowest BCUT2D eigenvalue weighted by Gasteiger charge is -2.32. The maximum absolute atomic E-state index is 13.3. The minimum atomic E-state index is -3.03. The number of methoxy groups -OCH3 is 2. The number of carbonyl (C=O) groups excluding carboxylic acids is 4. The first-order valence-corrected chi connectivity index (χ1v) is 14.5. The van der Waals surface area contributed by atoms with Crippen LogP contribution in [-0.4, -0.2) is 125 Å². The van der Waals surface area contributed by atoms with Gasteiger partial charge in [-0.3, -0.25) is 23.9 Å². The first-order chi connectivity index (χ1) is 22.4. The van der Waals surface area contributed by atoms with E-state index in [9.17, 15) is 29.4 Å². The molecule has 2 aliphatic rings. The number of hydrogen-bond acceptors (Lipinski definition) is 12. The highest BCUT2D eigenvalue weighted by Gasteiger charge is 2.31. The van der Waals surface area contributed by atoms with Crippen molar-refractivity contribution in [3.63, 3.8) is 0 Å². The SMILES string of the molecule is COC.[B]C(O)(O)NC(=O)c1nnc(NC(=O)C2CC2)cc1Nc1cccc(-c2cc(C(=O)N3CCN(C=O)CC3)n(C)n2)c1OC. The fraction of sp³-hybridized carbons (Fsp3) is 0.414. The van der Waals surface area contributed by atoms with Crippen molar-refractivity contribution in [1.29, 1.82) is 0 Å². The lowest BCUT2D eigenvalue weighted by molar-refractivity contribution is -0.119. The number of piperazine rings is 1. The zero-order valence-corrected chi connectivity index (χ0v) is 26.4. The summed E-state index contributed by atoms with van der Waals surface area (Å²) in [5.74, 6) is -4.32. The molecule has 4 amide bonds. The number of anilines is 3. The van der Waals surface area contributed by atoms with Crippen LogP contribution in [-0.2, 0) is 21.4 Å². The minimum absolute atomic E-state index is 0.0367. The van der Waals surface area contributed by atoms with E-state index in [0.29, 0.717) is 54.6 Å².